The van der Waals surface area contributed by atoms with Gasteiger partial charge in [-0.2, -0.15) is 4.31 Å². The normalized spacial score (nSPS) is 23.0. The van der Waals surface area contributed by atoms with Crippen molar-refractivity contribution in [2.45, 2.75) is 56.1 Å². The average molecular weight is 593 g/mol. The number of alkyl carbamates (subject to hydrolysis) is 1. The summed E-state index contributed by atoms with van der Waals surface area (Å²) in [6, 6.07) is 9.82. The highest BCUT2D eigenvalue weighted by atomic mass is 32.2. The standard InChI is InChI=1S/C28H36N2O10S/c1-17(2)13-30(41(34,35)20-7-8-24-25(12-20)39-16-38-24)14-23(32)22(11-18-3-5-19(31)6-4-18)29-28(33)40-26-15-37-27-21(26)9-10-36-27/h3-8,12,17,21-23,26-27,31-32H,9-11,13-16H2,1-2H3,(H,29,33)/t21?,22-,23+,26-,27?/m0/s1. The second-order valence-electron chi connectivity index (χ2n) is 10.9. The number of aliphatic hydroxyl groups is 1. The lowest BCUT2D eigenvalue weighted by atomic mass is 10.0. The van der Waals surface area contributed by atoms with Crippen molar-refractivity contribution >= 4 is 16.1 Å². The van der Waals surface area contributed by atoms with Gasteiger partial charge in [0, 0.05) is 19.2 Å². The molecule has 3 N–H and O–H groups in total. The Morgan fingerprint density at radius 2 is 1.85 bits per heavy atom. The highest BCUT2D eigenvalue weighted by molar-refractivity contribution is 7.89. The Morgan fingerprint density at radius 1 is 1.10 bits per heavy atom. The molecule has 0 saturated carbocycles. The van der Waals surface area contributed by atoms with Crippen LogP contribution in [0.25, 0.3) is 0 Å². The van der Waals surface area contributed by atoms with Gasteiger partial charge in [-0.05, 0) is 48.6 Å². The number of aliphatic hydroxyl groups excluding tert-OH is 1. The molecule has 2 saturated heterocycles. The van der Waals surface area contributed by atoms with Crippen molar-refractivity contribution in [3.8, 4) is 17.2 Å². The van der Waals surface area contributed by atoms with E-state index >= 15 is 0 Å². The molecule has 2 aromatic carbocycles. The lowest BCUT2D eigenvalue weighted by Gasteiger charge is -2.31. The summed E-state index contributed by atoms with van der Waals surface area (Å²) < 4.78 is 56.0. The van der Waals surface area contributed by atoms with E-state index in [1.807, 2.05) is 13.8 Å². The quantitative estimate of drug-likeness (QED) is 0.354. The fourth-order valence-electron chi connectivity index (χ4n) is 5.24. The van der Waals surface area contributed by atoms with Crippen LogP contribution in [0.15, 0.2) is 47.4 Å². The number of hydrogen-bond acceptors (Lipinski definition) is 10. The maximum atomic E-state index is 13.7. The van der Waals surface area contributed by atoms with Gasteiger partial charge in [-0.1, -0.05) is 26.0 Å². The molecule has 3 aliphatic rings. The summed E-state index contributed by atoms with van der Waals surface area (Å²) in [5, 5.41) is 23.8. The largest absolute Gasteiger partial charge is 0.508 e. The van der Waals surface area contributed by atoms with Crippen molar-refractivity contribution in [2.24, 2.45) is 11.8 Å². The maximum absolute atomic E-state index is 13.7. The summed E-state index contributed by atoms with van der Waals surface area (Å²) in [5.41, 5.74) is 0.717. The van der Waals surface area contributed by atoms with E-state index < -0.39 is 40.7 Å². The average Bonchev–Trinajstić information content (AvgIpc) is 3.67. The monoisotopic (exact) mass is 592 g/mol. The van der Waals surface area contributed by atoms with Crippen LogP contribution in [-0.2, 0) is 30.7 Å². The predicted octanol–water partition coefficient (Wildman–Crippen LogP) is 2.23. The molecule has 5 atom stereocenters. The number of carbonyl (C=O) groups is 1. The van der Waals surface area contributed by atoms with E-state index in [4.69, 9.17) is 23.7 Å². The molecular weight excluding hydrogens is 556 g/mol. The molecule has 0 spiro atoms. The molecule has 0 aliphatic carbocycles. The van der Waals surface area contributed by atoms with E-state index in [0.717, 1.165) is 5.56 Å². The molecule has 12 nitrogen and oxygen atoms in total. The number of phenolic OH excluding ortho intramolecular Hbond substituents is 1. The van der Waals surface area contributed by atoms with Crippen LogP contribution < -0.4 is 14.8 Å². The number of sulfonamides is 1. The third kappa shape index (κ3) is 6.87. The minimum absolute atomic E-state index is 0.00613. The van der Waals surface area contributed by atoms with Crippen LogP contribution in [0.4, 0.5) is 4.79 Å². The topological polar surface area (TPSA) is 153 Å². The molecule has 2 unspecified atom stereocenters. The number of nitrogens with one attached hydrogen (secondary N) is 1. The number of benzene rings is 2. The molecule has 41 heavy (non-hydrogen) atoms. The summed E-state index contributed by atoms with van der Waals surface area (Å²) in [7, 11) is -4.05. The van der Waals surface area contributed by atoms with Gasteiger partial charge < -0.3 is 39.2 Å². The van der Waals surface area contributed by atoms with E-state index in [1.54, 1.807) is 12.1 Å². The second kappa shape index (κ2) is 12.4. The first-order chi connectivity index (χ1) is 19.6. The third-order valence-corrected chi connectivity index (χ3v) is 9.17. The molecule has 0 radical (unpaired) electrons. The van der Waals surface area contributed by atoms with Gasteiger partial charge in [0.2, 0.25) is 16.8 Å². The highest BCUT2D eigenvalue weighted by Crippen LogP contribution is 2.35. The van der Waals surface area contributed by atoms with Crippen molar-refractivity contribution in [2.75, 3.05) is 33.1 Å². The first kappa shape index (κ1) is 29.4. The molecule has 5 rings (SSSR count). The minimum atomic E-state index is -4.05. The molecule has 1 amide bonds. The van der Waals surface area contributed by atoms with Crippen LogP contribution in [0, 0.1) is 11.8 Å². The maximum Gasteiger partial charge on any atom is 0.407 e. The number of aromatic hydroxyl groups is 1. The lowest BCUT2D eigenvalue weighted by molar-refractivity contribution is -0.0907. The number of amides is 1. The van der Waals surface area contributed by atoms with Gasteiger partial charge >= 0.3 is 6.09 Å². The van der Waals surface area contributed by atoms with Crippen LogP contribution >= 0.6 is 0 Å². The summed E-state index contributed by atoms with van der Waals surface area (Å²) in [4.78, 5) is 13.0. The van der Waals surface area contributed by atoms with E-state index in [2.05, 4.69) is 5.32 Å². The number of fused-ring (bicyclic) bond motifs is 2. The summed E-state index contributed by atoms with van der Waals surface area (Å²) >= 11 is 0. The number of carbonyl (C=O) groups excluding carboxylic acids is 1. The second-order valence-corrected chi connectivity index (χ2v) is 12.8. The summed E-state index contributed by atoms with van der Waals surface area (Å²) in [5.74, 6) is 0.750. The van der Waals surface area contributed by atoms with Crippen LogP contribution in [0.2, 0.25) is 0 Å². The molecule has 13 heteroatoms. The number of hydrogen-bond donors (Lipinski definition) is 3. The lowest BCUT2D eigenvalue weighted by Crippen LogP contribution is -2.51. The van der Waals surface area contributed by atoms with Crippen molar-refractivity contribution in [3.63, 3.8) is 0 Å². The van der Waals surface area contributed by atoms with Gasteiger partial charge in [-0.3, -0.25) is 0 Å². The van der Waals surface area contributed by atoms with E-state index in [-0.39, 0.29) is 55.4 Å². The number of rotatable bonds is 11. The van der Waals surface area contributed by atoms with Gasteiger partial charge in [0.05, 0.1) is 36.2 Å². The van der Waals surface area contributed by atoms with Gasteiger partial charge in [0.25, 0.3) is 0 Å². The molecular formula is C28H36N2O10S. The Bertz CT molecular complexity index is 1320. The van der Waals surface area contributed by atoms with Crippen LogP contribution in [0.5, 0.6) is 17.2 Å². The Labute approximate surface area is 239 Å². The fraction of sp³-hybridized carbons (Fsp3) is 0.536. The Hall–Kier alpha value is -3.10. The highest BCUT2D eigenvalue weighted by Gasteiger charge is 2.44. The smallest absolute Gasteiger partial charge is 0.407 e. The first-order valence-corrected chi connectivity index (χ1v) is 15.1. The van der Waals surface area contributed by atoms with Crippen LogP contribution in [0.3, 0.4) is 0 Å². The molecule has 224 valence electrons. The van der Waals surface area contributed by atoms with Crippen molar-refractivity contribution in [1.82, 2.24) is 9.62 Å². The van der Waals surface area contributed by atoms with Gasteiger partial charge in [-0.25, -0.2) is 13.2 Å². The van der Waals surface area contributed by atoms with E-state index in [0.29, 0.717) is 24.5 Å². The Kier molecular flexibility index (Phi) is 8.90. The molecule has 2 aromatic rings. The zero-order valence-electron chi connectivity index (χ0n) is 23.0. The van der Waals surface area contributed by atoms with Gasteiger partial charge in [0.15, 0.2) is 17.8 Å². The molecule has 3 heterocycles. The van der Waals surface area contributed by atoms with Gasteiger partial charge in [0.1, 0.15) is 11.9 Å². The molecule has 0 bridgehead atoms. The molecule has 2 fully saturated rings. The zero-order chi connectivity index (χ0) is 29.1. The van der Waals surface area contributed by atoms with E-state index in [9.17, 15) is 23.4 Å². The third-order valence-electron chi connectivity index (χ3n) is 7.34. The molecule has 3 aliphatic heterocycles. The summed E-state index contributed by atoms with van der Waals surface area (Å²) in [6.45, 7) is 4.35. The Balaban J connectivity index is 1.34. The van der Waals surface area contributed by atoms with Crippen LogP contribution in [-0.4, -0.2) is 86.7 Å². The zero-order valence-corrected chi connectivity index (χ0v) is 23.8. The van der Waals surface area contributed by atoms with Crippen molar-refractivity contribution < 1.29 is 47.1 Å². The molecule has 0 aromatic heterocycles. The predicted molar refractivity (Wildman–Crippen MR) is 145 cm³/mol. The summed E-state index contributed by atoms with van der Waals surface area (Å²) in [6.07, 6.45) is -2.06. The fourth-order valence-corrected chi connectivity index (χ4v) is 6.88. The minimum Gasteiger partial charge on any atom is -0.508 e. The number of ether oxygens (including phenoxy) is 5. The van der Waals surface area contributed by atoms with E-state index in [1.165, 1.54) is 34.6 Å². The SMILES string of the molecule is CC(C)CN(C[C@@H](O)[C@H](Cc1ccc(O)cc1)NC(=O)O[C@H]1COC2OCCC21)S(=O)(=O)c1ccc2c(c1)OCO2. The van der Waals surface area contributed by atoms with Crippen LogP contribution in [0.1, 0.15) is 25.8 Å². The number of phenols is 1. The number of nitrogens with zero attached hydrogens (tertiary/aromatic N) is 1. The first-order valence-electron chi connectivity index (χ1n) is 13.7. The van der Waals surface area contributed by atoms with Crippen molar-refractivity contribution in [3.05, 3.63) is 48.0 Å². The Morgan fingerprint density at radius 3 is 2.61 bits per heavy atom. The van der Waals surface area contributed by atoms with Crippen molar-refractivity contribution in [1.29, 1.82) is 0 Å². The van der Waals surface area contributed by atoms with Gasteiger partial charge in [-0.15, -0.1) is 0 Å².